The van der Waals surface area contributed by atoms with Crippen molar-refractivity contribution in [2.75, 3.05) is 14.2 Å². The third-order valence-electron chi connectivity index (χ3n) is 5.27. The van der Waals surface area contributed by atoms with E-state index in [2.05, 4.69) is 4.99 Å². The number of methoxy groups -OCH3 is 2. The second-order valence-electron chi connectivity index (χ2n) is 7.13. The lowest BCUT2D eigenvalue weighted by atomic mass is 9.95. The number of rotatable bonds is 5. The van der Waals surface area contributed by atoms with Crippen LogP contribution in [0.2, 0.25) is 0 Å². The van der Waals surface area contributed by atoms with Gasteiger partial charge in [-0.2, -0.15) is 0 Å². The Hall–Kier alpha value is -3.65. The summed E-state index contributed by atoms with van der Waals surface area (Å²) in [5.74, 6) is -0.172. The lowest BCUT2D eigenvalue weighted by molar-refractivity contribution is -0.136. The standard InChI is InChI=1S/C24H22N2O5S/c1-4-16-20(23(29)31-3)21(15-8-6-5-7-9-15)26-22(28)19(32-24(26)25-16)13-14-10-11-18(30-2)17(27)12-14/h5-13,21,27H,4H2,1-3H3/b19-13+/t21-/m1/s1. The minimum absolute atomic E-state index is 0.0163. The van der Waals surface area contributed by atoms with Gasteiger partial charge in [-0.15, -0.1) is 0 Å². The SMILES string of the molecule is CCC1=C(C(=O)OC)[C@@H](c2ccccc2)n2c(s/c(=C/c3ccc(OC)c(O)c3)c2=O)=N1. The van der Waals surface area contributed by atoms with E-state index in [9.17, 15) is 14.7 Å². The van der Waals surface area contributed by atoms with E-state index < -0.39 is 12.0 Å². The predicted molar refractivity (Wildman–Crippen MR) is 121 cm³/mol. The summed E-state index contributed by atoms with van der Waals surface area (Å²) in [6.45, 7) is 1.92. The summed E-state index contributed by atoms with van der Waals surface area (Å²) in [6, 6.07) is 13.7. The zero-order chi connectivity index (χ0) is 22.8. The Morgan fingerprint density at radius 1 is 1.22 bits per heavy atom. The molecule has 8 heteroatoms. The van der Waals surface area contributed by atoms with Gasteiger partial charge in [-0.1, -0.05) is 54.7 Å². The first-order valence-corrected chi connectivity index (χ1v) is 10.8. The Kier molecular flexibility index (Phi) is 5.96. The van der Waals surface area contributed by atoms with Gasteiger partial charge in [0.15, 0.2) is 16.3 Å². The van der Waals surface area contributed by atoms with Crippen molar-refractivity contribution < 1.29 is 19.4 Å². The summed E-state index contributed by atoms with van der Waals surface area (Å²) in [7, 11) is 2.80. The molecule has 0 bridgehead atoms. The molecule has 2 aromatic carbocycles. The van der Waals surface area contributed by atoms with Crippen molar-refractivity contribution in [2.45, 2.75) is 19.4 Å². The number of carbonyl (C=O) groups is 1. The molecule has 4 rings (SSSR count). The fourth-order valence-corrected chi connectivity index (χ4v) is 4.78. The molecule has 0 spiro atoms. The zero-order valence-electron chi connectivity index (χ0n) is 17.9. The molecule has 3 aromatic rings. The summed E-state index contributed by atoms with van der Waals surface area (Å²) < 4.78 is 12.1. The van der Waals surface area contributed by atoms with Gasteiger partial charge in [0.25, 0.3) is 5.56 Å². The van der Waals surface area contributed by atoms with Crippen LogP contribution in [-0.4, -0.2) is 29.9 Å². The number of aromatic nitrogens is 1. The Morgan fingerprint density at radius 2 is 1.97 bits per heavy atom. The van der Waals surface area contributed by atoms with E-state index in [0.29, 0.717) is 38.3 Å². The summed E-state index contributed by atoms with van der Waals surface area (Å²) in [5.41, 5.74) is 2.13. The zero-order valence-corrected chi connectivity index (χ0v) is 18.7. The highest BCUT2D eigenvalue weighted by molar-refractivity contribution is 7.07. The molecule has 0 amide bonds. The van der Waals surface area contributed by atoms with Crippen molar-refractivity contribution in [1.82, 2.24) is 4.57 Å². The highest BCUT2D eigenvalue weighted by atomic mass is 32.1. The fraction of sp³-hybridized carbons (Fsp3) is 0.208. The molecule has 0 saturated heterocycles. The first-order chi connectivity index (χ1) is 15.5. The first kappa shape index (κ1) is 21.6. The number of carbonyl (C=O) groups excluding carboxylic acids is 1. The van der Waals surface area contributed by atoms with Crippen LogP contribution in [0.1, 0.15) is 30.5 Å². The van der Waals surface area contributed by atoms with Gasteiger partial charge in [0, 0.05) is 0 Å². The molecular formula is C24H22N2O5S. The van der Waals surface area contributed by atoms with Gasteiger partial charge in [0.1, 0.15) is 0 Å². The molecular weight excluding hydrogens is 428 g/mol. The van der Waals surface area contributed by atoms with E-state index in [-0.39, 0.29) is 11.3 Å². The molecule has 0 unspecified atom stereocenters. The third-order valence-corrected chi connectivity index (χ3v) is 6.25. The molecule has 7 nitrogen and oxygen atoms in total. The van der Waals surface area contributed by atoms with E-state index in [1.165, 1.54) is 31.6 Å². The molecule has 0 aliphatic carbocycles. The number of phenolic OH excluding ortho intramolecular Hbond substituents is 1. The summed E-state index contributed by atoms with van der Waals surface area (Å²) in [5, 5.41) is 10.1. The van der Waals surface area contributed by atoms with E-state index in [1.807, 2.05) is 37.3 Å². The van der Waals surface area contributed by atoms with Crippen LogP contribution in [0.15, 0.2) is 69.6 Å². The van der Waals surface area contributed by atoms with Crippen LogP contribution in [0.4, 0.5) is 0 Å². The van der Waals surface area contributed by atoms with Gasteiger partial charge >= 0.3 is 5.97 Å². The Morgan fingerprint density at radius 3 is 2.59 bits per heavy atom. The normalized spacial score (nSPS) is 15.8. The molecule has 1 atom stereocenters. The van der Waals surface area contributed by atoms with Gasteiger partial charge in [0.05, 0.1) is 36.1 Å². The highest BCUT2D eigenvalue weighted by Crippen LogP contribution is 2.31. The van der Waals surface area contributed by atoms with Crippen molar-refractivity contribution in [3.63, 3.8) is 0 Å². The average molecular weight is 451 g/mol. The fourth-order valence-electron chi connectivity index (χ4n) is 3.76. The maximum Gasteiger partial charge on any atom is 0.338 e. The second-order valence-corrected chi connectivity index (χ2v) is 8.14. The molecule has 0 saturated carbocycles. The number of ether oxygens (including phenoxy) is 2. The molecule has 0 radical (unpaired) electrons. The van der Waals surface area contributed by atoms with Crippen LogP contribution in [0, 0.1) is 0 Å². The highest BCUT2D eigenvalue weighted by Gasteiger charge is 2.33. The van der Waals surface area contributed by atoms with Crippen LogP contribution in [-0.2, 0) is 9.53 Å². The Balaban J connectivity index is 1.96. The molecule has 2 heterocycles. The van der Waals surface area contributed by atoms with Gasteiger partial charge in [0.2, 0.25) is 0 Å². The topological polar surface area (TPSA) is 90.1 Å². The van der Waals surface area contributed by atoms with E-state index in [1.54, 1.807) is 22.8 Å². The van der Waals surface area contributed by atoms with E-state index in [0.717, 1.165) is 5.56 Å². The lowest BCUT2D eigenvalue weighted by Crippen LogP contribution is -2.40. The van der Waals surface area contributed by atoms with E-state index >= 15 is 0 Å². The third kappa shape index (κ3) is 3.73. The van der Waals surface area contributed by atoms with Crippen molar-refractivity contribution in [3.05, 3.63) is 90.6 Å². The first-order valence-electron chi connectivity index (χ1n) is 10.0. The number of esters is 1. The minimum Gasteiger partial charge on any atom is -0.504 e. The minimum atomic E-state index is -0.638. The number of hydrogen-bond acceptors (Lipinski definition) is 7. The number of hydrogen-bond donors (Lipinski definition) is 1. The molecule has 1 aliphatic rings. The van der Waals surface area contributed by atoms with Gasteiger partial charge in [-0.05, 0) is 35.8 Å². The number of allylic oxidation sites excluding steroid dienone is 1. The van der Waals surface area contributed by atoms with E-state index in [4.69, 9.17) is 9.47 Å². The van der Waals surface area contributed by atoms with Crippen molar-refractivity contribution in [2.24, 2.45) is 4.99 Å². The summed E-state index contributed by atoms with van der Waals surface area (Å²) in [4.78, 5) is 31.4. The second kappa shape index (κ2) is 8.84. The smallest absolute Gasteiger partial charge is 0.338 e. The Labute approximate surface area is 188 Å². The number of nitrogens with zero attached hydrogens (tertiary/aromatic N) is 2. The van der Waals surface area contributed by atoms with Crippen molar-refractivity contribution in [1.29, 1.82) is 0 Å². The quantitative estimate of drug-likeness (QED) is 0.604. The summed E-state index contributed by atoms with van der Waals surface area (Å²) in [6.07, 6.45) is 2.21. The molecule has 0 fully saturated rings. The monoisotopic (exact) mass is 450 g/mol. The van der Waals surface area contributed by atoms with Gasteiger partial charge in [-0.3, -0.25) is 9.36 Å². The average Bonchev–Trinajstić information content (AvgIpc) is 3.12. The number of aromatic hydroxyl groups is 1. The summed E-state index contributed by atoms with van der Waals surface area (Å²) >= 11 is 1.24. The van der Waals surface area contributed by atoms with Crippen molar-refractivity contribution >= 4 is 23.4 Å². The molecule has 164 valence electrons. The van der Waals surface area contributed by atoms with Gasteiger partial charge in [-0.25, -0.2) is 9.79 Å². The van der Waals surface area contributed by atoms with Crippen LogP contribution in [0.3, 0.4) is 0 Å². The van der Waals surface area contributed by atoms with Crippen LogP contribution < -0.4 is 19.6 Å². The maximum atomic E-state index is 13.5. The maximum absolute atomic E-state index is 13.5. The number of phenols is 1. The number of benzene rings is 2. The molecule has 1 aromatic heterocycles. The van der Waals surface area contributed by atoms with Crippen LogP contribution >= 0.6 is 11.3 Å². The Bertz CT molecular complexity index is 1390. The molecule has 32 heavy (non-hydrogen) atoms. The molecule has 1 N–H and O–H groups in total. The van der Waals surface area contributed by atoms with Crippen LogP contribution in [0.5, 0.6) is 11.5 Å². The van der Waals surface area contributed by atoms with Crippen LogP contribution in [0.25, 0.3) is 6.08 Å². The largest absolute Gasteiger partial charge is 0.504 e. The van der Waals surface area contributed by atoms with Crippen molar-refractivity contribution in [3.8, 4) is 11.5 Å². The lowest BCUT2D eigenvalue weighted by Gasteiger charge is -2.25. The molecule has 1 aliphatic heterocycles. The number of fused-ring (bicyclic) bond motifs is 1. The van der Waals surface area contributed by atoms with Gasteiger partial charge < -0.3 is 14.6 Å². The predicted octanol–water partition coefficient (Wildman–Crippen LogP) is 2.51. The number of thiazole rings is 1.